The van der Waals surface area contributed by atoms with Crippen LogP contribution in [0.3, 0.4) is 0 Å². The Kier molecular flexibility index (Phi) is 5.36. The van der Waals surface area contributed by atoms with Crippen LogP contribution >= 0.6 is 11.3 Å². The van der Waals surface area contributed by atoms with Crippen LogP contribution in [0.15, 0.2) is 48.5 Å². The summed E-state index contributed by atoms with van der Waals surface area (Å²) in [5.41, 5.74) is 7.41. The lowest BCUT2D eigenvalue weighted by Crippen LogP contribution is -3.14. The van der Waals surface area contributed by atoms with E-state index in [0.29, 0.717) is 23.7 Å². The molecular weight excluding hydrogens is 372 g/mol. The average Bonchev–Trinajstić information content (AvgIpc) is 3.13. The van der Waals surface area contributed by atoms with Crippen LogP contribution in [0.1, 0.15) is 34.1 Å². The topological polar surface area (TPSA) is 89.5 Å². The second kappa shape index (κ2) is 8.08. The number of anilines is 1. The molecule has 4 rings (SSSR count). The van der Waals surface area contributed by atoms with Crippen molar-refractivity contribution in [1.82, 2.24) is 4.98 Å². The van der Waals surface area contributed by atoms with Gasteiger partial charge in [0.2, 0.25) is 5.91 Å². The van der Waals surface area contributed by atoms with Crippen LogP contribution in [0.25, 0.3) is 10.2 Å². The van der Waals surface area contributed by atoms with Crippen molar-refractivity contribution in [3.05, 3.63) is 59.1 Å². The number of fused-ring (bicyclic) bond motifs is 1. The van der Waals surface area contributed by atoms with Crippen molar-refractivity contribution in [3.63, 3.8) is 0 Å². The first kappa shape index (κ1) is 18.6. The molecule has 0 bridgehead atoms. The summed E-state index contributed by atoms with van der Waals surface area (Å²) in [6.45, 7) is 2.35. The molecule has 2 heterocycles. The van der Waals surface area contributed by atoms with Crippen LogP contribution in [0, 0.1) is 0 Å². The summed E-state index contributed by atoms with van der Waals surface area (Å²) in [5, 5.41) is 4.09. The minimum Gasteiger partial charge on any atom is -0.366 e. The van der Waals surface area contributed by atoms with Gasteiger partial charge in [-0.3, -0.25) is 9.59 Å². The van der Waals surface area contributed by atoms with Crippen LogP contribution in [-0.4, -0.2) is 36.4 Å². The molecule has 1 unspecified atom stereocenters. The summed E-state index contributed by atoms with van der Waals surface area (Å²) in [6.07, 6.45) is 2.22. The molecular formula is C21H23N4O2S+. The van der Waals surface area contributed by atoms with Crippen LogP contribution < -0.4 is 16.0 Å². The van der Waals surface area contributed by atoms with Gasteiger partial charge in [-0.05, 0) is 49.2 Å². The van der Waals surface area contributed by atoms with E-state index in [4.69, 9.17) is 10.7 Å². The molecule has 1 fully saturated rings. The fourth-order valence-corrected chi connectivity index (χ4v) is 4.84. The Labute approximate surface area is 167 Å². The standard InChI is InChI=1S/C21H22N4O2S/c22-20(27)14-7-9-16(10-8-14)23-19(26)13-25-11-3-4-15(12-25)21-24-17-5-1-2-6-18(17)28-21/h1-2,5-10,15H,3-4,11-13H2,(H2,22,27)(H,23,26)/p+1/t15-/m1/s1. The predicted octanol–water partition coefficient (Wildman–Crippen LogP) is 1.80. The van der Waals surface area contributed by atoms with E-state index >= 15 is 0 Å². The molecule has 2 amide bonds. The fraction of sp³-hybridized carbons (Fsp3) is 0.286. The van der Waals surface area contributed by atoms with Gasteiger partial charge in [-0.25, -0.2) is 4.98 Å². The van der Waals surface area contributed by atoms with Gasteiger partial charge in [0.05, 0.1) is 29.2 Å². The number of nitrogens with one attached hydrogen (secondary N) is 2. The summed E-state index contributed by atoms with van der Waals surface area (Å²) >= 11 is 1.77. The molecule has 28 heavy (non-hydrogen) atoms. The molecule has 144 valence electrons. The highest BCUT2D eigenvalue weighted by Gasteiger charge is 2.28. The van der Waals surface area contributed by atoms with E-state index in [-0.39, 0.29) is 5.91 Å². The van der Waals surface area contributed by atoms with E-state index in [0.717, 1.165) is 31.4 Å². The zero-order chi connectivity index (χ0) is 19.5. The van der Waals surface area contributed by atoms with Gasteiger partial charge in [-0.1, -0.05) is 12.1 Å². The molecule has 6 nitrogen and oxygen atoms in total. The van der Waals surface area contributed by atoms with Gasteiger partial charge < -0.3 is 16.0 Å². The van der Waals surface area contributed by atoms with E-state index in [9.17, 15) is 9.59 Å². The number of rotatable bonds is 5. The molecule has 0 saturated carbocycles. The minimum absolute atomic E-state index is 0.0215. The normalized spacial score (nSPS) is 19.4. The number of para-hydroxylation sites is 1. The van der Waals surface area contributed by atoms with Gasteiger partial charge in [-0.15, -0.1) is 11.3 Å². The minimum atomic E-state index is -0.475. The number of hydrogen-bond donors (Lipinski definition) is 3. The molecule has 1 aromatic heterocycles. The third-order valence-corrected chi connectivity index (χ3v) is 6.34. The number of carbonyl (C=O) groups excluding carboxylic acids is 2. The Morgan fingerprint density at radius 2 is 1.96 bits per heavy atom. The van der Waals surface area contributed by atoms with Crippen LogP contribution in [0.2, 0.25) is 0 Å². The number of hydrogen-bond acceptors (Lipinski definition) is 4. The van der Waals surface area contributed by atoms with Gasteiger partial charge in [0.15, 0.2) is 6.54 Å². The molecule has 1 saturated heterocycles. The summed E-state index contributed by atoms with van der Waals surface area (Å²) in [4.78, 5) is 29.7. The van der Waals surface area contributed by atoms with Gasteiger partial charge in [0.25, 0.3) is 5.91 Å². The zero-order valence-corrected chi connectivity index (χ0v) is 16.3. The molecule has 0 radical (unpaired) electrons. The van der Waals surface area contributed by atoms with Gasteiger partial charge >= 0.3 is 0 Å². The quantitative estimate of drug-likeness (QED) is 0.615. The van der Waals surface area contributed by atoms with Crippen molar-refractivity contribution in [2.75, 3.05) is 25.0 Å². The third kappa shape index (κ3) is 4.21. The highest BCUT2D eigenvalue weighted by molar-refractivity contribution is 7.18. The van der Waals surface area contributed by atoms with Crippen LogP contribution in [0.5, 0.6) is 0 Å². The molecule has 2 aromatic carbocycles. The van der Waals surface area contributed by atoms with Crippen LogP contribution in [-0.2, 0) is 4.79 Å². The SMILES string of the molecule is NC(=O)c1ccc(NC(=O)C[NH+]2CCC[C@@H](c3nc4ccccc4s3)C2)cc1. The largest absolute Gasteiger partial charge is 0.366 e. The highest BCUT2D eigenvalue weighted by atomic mass is 32.1. The molecule has 0 spiro atoms. The van der Waals surface area contributed by atoms with E-state index in [1.54, 1.807) is 35.6 Å². The van der Waals surface area contributed by atoms with Gasteiger partial charge in [-0.2, -0.15) is 0 Å². The zero-order valence-electron chi connectivity index (χ0n) is 15.5. The average molecular weight is 396 g/mol. The lowest BCUT2D eigenvalue weighted by Gasteiger charge is -2.28. The van der Waals surface area contributed by atoms with E-state index in [2.05, 4.69) is 17.4 Å². The summed E-state index contributed by atoms with van der Waals surface area (Å²) in [7, 11) is 0. The van der Waals surface area contributed by atoms with Crippen molar-refractivity contribution in [2.45, 2.75) is 18.8 Å². The number of quaternary nitrogens is 1. The smallest absolute Gasteiger partial charge is 0.279 e. The monoisotopic (exact) mass is 395 g/mol. The number of benzene rings is 2. The molecule has 4 N–H and O–H groups in total. The number of nitrogens with zero attached hydrogens (tertiary/aromatic N) is 1. The van der Waals surface area contributed by atoms with Crippen molar-refractivity contribution in [2.24, 2.45) is 5.73 Å². The Morgan fingerprint density at radius 3 is 2.71 bits per heavy atom. The Balaban J connectivity index is 1.36. The first-order valence-electron chi connectivity index (χ1n) is 9.47. The molecule has 3 aromatic rings. The van der Waals surface area contributed by atoms with Crippen molar-refractivity contribution >= 4 is 39.1 Å². The first-order valence-corrected chi connectivity index (χ1v) is 10.3. The molecule has 7 heteroatoms. The van der Waals surface area contributed by atoms with Crippen molar-refractivity contribution in [1.29, 1.82) is 0 Å². The lowest BCUT2D eigenvalue weighted by atomic mass is 9.99. The summed E-state index contributed by atoms with van der Waals surface area (Å²) in [6, 6.07) is 14.9. The van der Waals surface area contributed by atoms with Gasteiger partial charge in [0.1, 0.15) is 5.01 Å². The summed E-state index contributed by atoms with van der Waals surface area (Å²) < 4.78 is 1.22. The highest BCUT2D eigenvalue weighted by Crippen LogP contribution is 2.30. The number of carbonyl (C=O) groups is 2. The van der Waals surface area contributed by atoms with Crippen molar-refractivity contribution in [3.8, 4) is 0 Å². The molecule has 0 aliphatic carbocycles. The Bertz CT molecular complexity index is 966. The number of thiazole rings is 1. The fourth-order valence-electron chi connectivity index (χ4n) is 3.74. The number of aromatic nitrogens is 1. The molecule has 1 aliphatic heterocycles. The Morgan fingerprint density at radius 1 is 1.18 bits per heavy atom. The maximum Gasteiger partial charge on any atom is 0.279 e. The second-order valence-electron chi connectivity index (χ2n) is 7.23. The number of primary amides is 1. The molecule has 1 aliphatic rings. The number of nitrogens with two attached hydrogens (primary N) is 1. The van der Waals surface area contributed by atoms with Crippen LogP contribution in [0.4, 0.5) is 5.69 Å². The first-order chi connectivity index (χ1) is 13.6. The summed E-state index contributed by atoms with van der Waals surface area (Å²) in [5.74, 6) is -0.0906. The second-order valence-corrected chi connectivity index (χ2v) is 8.29. The third-order valence-electron chi connectivity index (χ3n) is 5.14. The van der Waals surface area contributed by atoms with E-state index in [1.807, 2.05) is 12.1 Å². The molecule has 2 atom stereocenters. The van der Waals surface area contributed by atoms with E-state index < -0.39 is 5.91 Å². The predicted molar refractivity (Wildman–Crippen MR) is 111 cm³/mol. The Hall–Kier alpha value is -2.77. The van der Waals surface area contributed by atoms with Gasteiger partial charge in [0, 0.05) is 11.3 Å². The number of piperidine rings is 1. The maximum absolute atomic E-state index is 12.4. The lowest BCUT2D eigenvalue weighted by molar-refractivity contribution is -0.898. The van der Waals surface area contributed by atoms with Crippen molar-refractivity contribution < 1.29 is 14.5 Å². The maximum atomic E-state index is 12.4. The van der Waals surface area contributed by atoms with E-state index in [1.165, 1.54) is 14.6 Å². The number of likely N-dealkylation sites (tertiary alicyclic amines) is 1. The number of amides is 2.